The maximum Gasteiger partial charge on any atom is 0.200 e. The molecule has 3 nitrogen and oxygen atoms in total. The molecule has 0 bridgehead atoms. The van der Waals surface area contributed by atoms with Gasteiger partial charge in [-0.05, 0) is 49.9 Å². The first-order valence-electron chi connectivity index (χ1n) is 13.2. The highest BCUT2D eigenvalue weighted by Gasteiger charge is 2.34. The molecule has 0 spiro atoms. The van der Waals surface area contributed by atoms with Crippen LogP contribution < -0.4 is 0 Å². The monoisotopic (exact) mass is 711 g/mol. The van der Waals surface area contributed by atoms with Gasteiger partial charge in [0.2, 0.25) is 11.6 Å². The van der Waals surface area contributed by atoms with E-state index in [-0.39, 0.29) is 0 Å². The number of hydrogen-bond donors (Lipinski definition) is 0. The van der Waals surface area contributed by atoms with Crippen LogP contribution in [0.2, 0.25) is 0 Å². The van der Waals surface area contributed by atoms with Crippen LogP contribution in [-0.2, 0) is 0 Å². The zero-order chi connectivity index (χ0) is 36.7. The third-order valence-electron chi connectivity index (χ3n) is 7.79. The van der Waals surface area contributed by atoms with E-state index in [0.717, 1.165) is 27.7 Å². The van der Waals surface area contributed by atoms with Gasteiger partial charge in [0, 0.05) is 11.1 Å². The SMILES string of the molecule is Cc1c(C)c(-c2c(C)c(C)c(-c3nc(-c4c(F)c(F)c(F)c(F)c4F)nc(-c4c(F)c(F)c(F)c(F)c4F)n3)c(F)c2F)c(F)c(F)c1F. The van der Waals surface area contributed by atoms with Crippen molar-refractivity contribution in [1.29, 1.82) is 0 Å². The molecule has 49 heavy (non-hydrogen) atoms. The quantitative estimate of drug-likeness (QED) is 0.106. The van der Waals surface area contributed by atoms with Crippen LogP contribution in [0.1, 0.15) is 22.3 Å². The van der Waals surface area contributed by atoms with E-state index in [2.05, 4.69) is 15.0 Å². The van der Waals surface area contributed by atoms with Gasteiger partial charge in [-0.25, -0.2) is 80.8 Å². The van der Waals surface area contributed by atoms with Crippen molar-refractivity contribution >= 4 is 0 Å². The Hall–Kier alpha value is -5.16. The zero-order valence-corrected chi connectivity index (χ0v) is 24.5. The first kappa shape index (κ1) is 35.2. The molecular weight excluding hydrogens is 699 g/mol. The Balaban J connectivity index is 1.94. The highest BCUT2D eigenvalue weighted by Crippen LogP contribution is 2.42. The van der Waals surface area contributed by atoms with Gasteiger partial charge in [-0.1, -0.05) is 0 Å². The molecule has 0 aliphatic rings. The van der Waals surface area contributed by atoms with Crippen molar-refractivity contribution in [2.45, 2.75) is 27.7 Å². The zero-order valence-electron chi connectivity index (χ0n) is 24.5. The van der Waals surface area contributed by atoms with Crippen LogP contribution in [-0.4, -0.2) is 15.0 Å². The normalized spacial score (nSPS) is 11.6. The van der Waals surface area contributed by atoms with Gasteiger partial charge in [0.1, 0.15) is 0 Å². The second-order valence-corrected chi connectivity index (χ2v) is 10.4. The van der Waals surface area contributed by atoms with Crippen LogP contribution in [0.4, 0.5) is 65.9 Å². The maximum atomic E-state index is 16.0. The number of hydrogen-bond acceptors (Lipinski definition) is 3. The minimum Gasteiger partial charge on any atom is -0.208 e. The van der Waals surface area contributed by atoms with Crippen LogP contribution >= 0.6 is 0 Å². The lowest BCUT2D eigenvalue weighted by Gasteiger charge is -2.20. The van der Waals surface area contributed by atoms with Gasteiger partial charge in [-0.3, -0.25) is 0 Å². The van der Waals surface area contributed by atoms with Crippen LogP contribution in [0, 0.1) is 115 Å². The topological polar surface area (TPSA) is 38.7 Å². The van der Waals surface area contributed by atoms with E-state index in [1.165, 1.54) is 0 Å². The van der Waals surface area contributed by atoms with Crippen molar-refractivity contribution in [2.24, 2.45) is 0 Å². The number of halogens is 15. The van der Waals surface area contributed by atoms with E-state index in [1.807, 2.05) is 0 Å². The van der Waals surface area contributed by atoms with E-state index in [9.17, 15) is 52.7 Å². The van der Waals surface area contributed by atoms with Crippen LogP contribution in [0.3, 0.4) is 0 Å². The minimum absolute atomic E-state index is 0.396. The summed E-state index contributed by atoms with van der Waals surface area (Å²) in [4.78, 5) is 9.91. The maximum absolute atomic E-state index is 16.0. The van der Waals surface area contributed by atoms with Gasteiger partial charge in [0.05, 0.1) is 16.7 Å². The molecule has 256 valence electrons. The van der Waals surface area contributed by atoms with E-state index in [1.54, 1.807) is 0 Å². The van der Waals surface area contributed by atoms with Crippen molar-refractivity contribution in [2.75, 3.05) is 0 Å². The van der Waals surface area contributed by atoms with Crippen LogP contribution in [0.15, 0.2) is 0 Å². The number of benzene rings is 4. The lowest BCUT2D eigenvalue weighted by molar-refractivity contribution is 0.380. The summed E-state index contributed by atoms with van der Waals surface area (Å²) in [5.74, 6) is -41.3. The molecule has 4 aromatic carbocycles. The first-order valence-corrected chi connectivity index (χ1v) is 13.2. The largest absolute Gasteiger partial charge is 0.208 e. The average molecular weight is 711 g/mol. The molecule has 0 radical (unpaired) electrons. The molecule has 5 rings (SSSR count). The van der Waals surface area contributed by atoms with Gasteiger partial charge in [-0.2, -0.15) is 0 Å². The van der Waals surface area contributed by atoms with Gasteiger partial charge in [-0.15, -0.1) is 0 Å². The fourth-order valence-electron chi connectivity index (χ4n) is 4.99. The Labute approximate surface area is 263 Å². The third kappa shape index (κ3) is 5.06. The van der Waals surface area contributed by atoms with Crippen LogP contribution in [0.25, 0.3) is 45.3 Å². The standard InChI is InChI=1S/C31H12F15N3/c1-5-6(2)11(17(35)15(33)9(5)10-7(3)8(4)14(32)22(40)16(10)34)29-47-30(12-18(36)23(41)27(45)24(42)19(12)37)49-31(48-29)13-20(38)25(43)28(46)26(44)21(13)39/h1-4H3. The van der Waals surface area contributed by atoms with Gasteiger partial charge in [0.25, 0.3) is 0 Å². The van der Waals surface area contributed by atoms with Crippen molar-refractivity contribution < 1.29 is 65.9 Å². The van der Waals surface area contributed by atoms with Crippen molar-refractivity contribution in [3.63, 3.8) is 0 Å². The summed E-state index contributed by atoms with van der Waals surface area (Å²) < 4.78 is 219. The van der Waals surface area contributed by atoms with Gasteiger partial charge < -0.3 is 0 Å². The average Bonchev–Trinajstić information content (AvgIpc) is 3.07. The molecule has 0 atom stereocenters. The summed E-state index contributed by atoms with van der Waals surface area (Å²) in [5, 5.41) is 0. The number of nitrogens with zero attached hydrogens (tertiary/aromatic N) is 3. The van der Waals surface area contributed by atoms with Crippen molar-refractivity contribution in [3.8, 4) is 45.3 Å². The highest BCUT2D eigenvalue weighted by atomic mass is 19.2. The van der Waals surface area contributed by atoms with E-state index in [0.29, 0.717) is 0 Å². The Kier molecular flexibility index (Phi) is 8.66. The first-order chi connectivity index (χ1) is 22.8. The second kappa shape index (κ2) is 12.1. The Morgan fingerprint density at radius 3 is 0.796 bits per heavy atom. The smallest absolute Gasteiger partial charge is 0.200 e. The second-order valence-electron chi connectivity index (χ2n) is 10.4. The molecule has 0 aliphatic heterocycles. The van der Waals surface area contributed by atoms with E-state index < -0.39 is 155 Å². The van der Waals surface area contributed by atoms with Crippen LogP contribution in [0.5, 0.6) is 0 Å². The fourth-order valence-corrected chi connectivity index (χ4v) is 4.99. The number of aromatic nitrogens is 3. The summed E-state index contributed by atoms with van der Waals surface area (Å²) in [6.07, 6.45) is 0. The fraction of sp³-hybridized carbons (Fsp3) is 0.129. The van der Waals surface area contributed by atoms with Crippen molar-refractivity contribution in [3.05, 3.63) is 110 Å². The summed E-state index contributed by atoms with van der Waals surface area (Å²) in [5.41, 5.74) is -9.23. The molecule has 0 N–H and O–H groups in total. The predicted molar refractivity (Wildman–Crippen MR) is 140 cm³/mol. The summed E-state index contributed by atoms with van der Waals surface area (Å²) in [7, 11) is 0. The molecule has 0 aliphatic carbocycles. The lowest BCUT2D eigenvalue weighted by atomic mass is 9.88. The summed E-state index contributed by atoms with van der Waals surface area (Å²) in [6, 6.07) is 0. The third-order valence-corrected chi connectivity index (χ3v) is 7.79. The van der Waals surface area contributed by atoms with Gasteiger partial charge >= 0.3 is 0 Å². The molecule has 0 unspecified atom stereocenters. The molecule has 18 heteroatoms. The summed E-state index contributed by atoms with van der Waals surface area (Å²) >= 11 is 0. The molecule has 0 amide bonds. The van der Waals surface area contributed by atoms with E-state index >= 15 is 13.2 Å². The highest BCUT2D eigenvalue weighted by molar-refractivity contribution is 5.80. The molecule has 1 heterocycles. The van der Waals surface area contributed by atoms with E-state index in [4.69, 9.17) is 0 Å². The Bertz CT molecular complexity index is 2080. The molecule has 0 saturated carbocycles. The minimum atomic E-state index is -2.70. The Morgan fingerprint density at radius 2 is 0.429 bits per heavy atom. The molecule has 0 saturated heterocycles. The number of rotatable bonds is 4. The lowest BCUT2D eigenvalue weighted by Crippen LogP contribution is -2.12. The molecule has 0 fully saturated rings. The Morgan fingerprint density at radius 1 is 0.224 bits per heavy atom. The molecule has 1 aromatic heterocycles. The predicted octanol–water partition coefficient (Wildman–Crippen LogP) is 9.86. The summed E-state index contributed by atoms with van der Waals surface area (Å²) in [6.45, 7) is 3.93. The van der Waals surface area contributed by atoms with Gasteiger partial charge in [0.15, 0.2) is 93.1 Å². The molecular formula is C31H12F15N3. The molecule has 5 aromatic rings. The van der Waals surface area contributed by atoms with Crippen molar-refractivity contribution in [1.82, 2.24) is 15.0 Å².